The molecule has 2 aliphatic rings. The highest BCUT2D eigenvalue weighted by atomic mass is 16.5. The maximum atomic E-state index is 13.0. The molecule has 2 saturated heterocycles. The minimum absolute atomic E-state index is 0.0528. The van der Waals surface area contributed by atoms with Crippen LogP contribution in [0.4, 0.5) is 11.4 Å². The molecule has 9 heteroatoms. The first-order chi connectivity index (χ1) is 15.8. The zero-order valence-corrected chi connectivity index (χ0v) is 18.8. The average molecular weight is 452 g/mol. The lowest BCUT2D eigenvalue weighted by Crippen LogP contribution is -2.72. The Labute approximate surface area is 192 Å². The number of carbonyl (C=O) groups is 3. The van der Waals surface area contributed by atoms with Crippen LogP contribution in [-0.2, 0) is 14.4 Å². The Morgan fingerprint density at radius 3 is 2.30 bits per heavy atom. The molecule has 3 amide bonds. The van der Waals surface area contributed by atoms with Gasteiger partial charge >= 0.3 is 0 Å². The number of nitrogens with one attached hydrogen (secondary N) is 5. The number of methoxy groups -OCH3 is 1. The highest BCUT2D eigenvalue weighted by Crippen LogP contribution is 2.28. The molecule has 4 atom stereocenters. The van der Waals surface area contributed by atoms with Gasteiger partial charge in [-0.3, -0.25) is 19.7 Å². The van der Waals surface area contributed by atoms with E-state index in [0.717, 1.165) is 11.3 Å². The number of ether oxygens (including phenoxy) is 1. The molecule has 0 bridgehead atoms. The summed E-state index contributed by atoms with van der Waals surface area (Å²) in [5.41, 5.74) is 2.56. The van der Waals surface area contributed by atoms with Crippen molar-refractivity contribution in [3.05, 3.63) is 54.1 Å². The van der Waals surface area contributed by atoms with Crippen molar-refractivity contribution in [2.75, 3.05) is 17.7 Å². The van der Waals surface area contributed by atoms with Crippen molar-refractivity contribution in [1.82, 2.24) is 16.0 Å². The van der Waals surface area contributed by atoms with E-state index in [1.807, 2.05) is 36.4 Å². The van der Waals surface area contributed by atoms with Gasteiger partial charge in [-0.1, -0.05) is 26.0 Å². The molecule has 2 aromatic carbocycles. The van der Waals surface area contributed by atoms with Crippen LogP contribution in [0.2, 0.25) is 0 Å². The van der Waals surface area contributed by atoms with Crippen molar-refractivity contribution in [1.29, 1.82) is 0 Å². The Bertz CT molecular complexity index is 1020. The molecule has 0 radical (unpaired) electrons. The second-order valence-electron chi connectivity index (χ2n) is 8.63. The maximum Gasteiger partial charge on any atom is 0.229 e. The largest absolute Gasteiger partial charge is 0.497 e. The van der Waals surface area contributed by atoms with E-state index in [-0.39, 0.29) is 24.1 Å². The summed E-state index contributed by atoms with van der Waals surface area (Å²) in [6.07, 6.45) is -1.34. The van der Waals surface area contributed by atoms with Gasteiger partial charge in [-0.2, -0.15) is 0 Å². The average Bonchev–Trinajstić information content (AvgIpc) is 2.79. The monoisotopic (exact) mass is 451 g/mol. The minimum Gasteiger partial charge on any atom is -0.497 e. The van der Waals surface area contributed by atoms with Gasteiger partial charge in [0, 0.05) is 17.8 Å². The minimum atomic E-state index is -0.789. The number of hydrogen-bond acceptors (Lipinski definition) is 6. The summed E-state index contributed by atoms with van der Waals surface area (Å²) in [5.74, 6) is -1.36. The van der Waals surface area contributed by atoms with Crippen LogP contribution in [0.15, 0.2) is 48.5 Å². The van der Waals surface area contributed by atoms with E-state index in [9.17, 15) is 14.4 Å². The van der Waals surface area contributed by atoms with Crippen molar-refractivity contribution in [2.45, 2.75) is 38.6 Å². The summed E-state index contributed by atoms with van der Waals surface area (Å²) in [5, 5.41) is 14.8. The first-order valence-corrected chi connectivity index (χ1v) is 11.0. The van der Waals surface area contributed by atoms with Gasteiger partial charge in [-0.15, -0.1) is 0 Å². The Morgan fingerprint density at radius 1 is 1.00 bits per heavy atom. The second kappa shape index (κ2) is 9.50. The number of hydrogen-bond donors (Lipinski definition) is 5. The Balaban J connectivity index is 1.44. The van der Waals surface area contributed by atoms with Crippen LogP contribution in [0.3, 0.4) is 0 Å². The highest BCUT2D eigenvalue weighted by molar-refractivity contribution is 6.00. The lowest BCUT2D eigenvalue weighted by molar-refractivity contribution is -0.144. The molecule has 174 valence electrons. The fourth-order valence-corrected chi connectivity index (χ4v) is 4.19. The fourth-order valence-electron chi connectivity index (χ4n) is 4.19. The van der Waals surface area contributed by atoms with Gasteiger partial charge in [0.25, 0.3) is 0 Å². The van der Waals surface area contributed by atoms with Gasteiger partial charge in [0.05, 0.1) is 25.1 Å². The van der Waals surface area contributed by atoms with Crippen LogP contribution >= 0.6 is 0 Å². The fraction of sp³-hybridized carbons (Fsp3) is 0.375. The molecular formula is C24H29N5O4. The summed E-state index contributed by atoms with van der Waals surface area (Å²) in [4.78, 5) is 38.4. The zero-order valence-electron chi connectivity index (χ0n) is 18.8. The third kappa shape index (κ3) is 5.09. The lowest BCUT2D eigenvalue weighted by Gasteiger charge is -2.43. The number of carbonyl (C=O) groups excluding carboxylic acids is 3. The normalized spacial score (nSPS) is 24.4. The molecule has 2 aromatic rings. The number of benzene rings is 2. The summed E-state index contributed by atoms with van der Waals surface area (Å²) in [6.45, 7) is 4.19. The smallest absolute Gasteiger partial charge is 0.229 e. The molecule has 0 aliphatic carbocycles. The van der Waals surface area contributed by atoms with Crippen molar-refractivity contribution in [3.8, 4) is 5.75 Å². The molecule has 2 fully saturated rings. The molecule has 0 spiro atoms. The SMILES string of the molecule is COc1ccc(NC2NC(=O)C3C(NC(=O)CC3C(=O)Nc3ccc(C(C)C)cc3)N2)cc1. The standard InChI is InChI=1S/C24H29N5O4/c1-13(2)14-4-6-15(7-5-14)25-22(31)18-12-19(30)27-21-20(18)23(32)29-24(28-21)26-16-8-10-17(33-3)11-9-16/h4-11,13,18,20-21,24,26,28H,12H2,1-3H3,(H,25,31)(H,27,30)(H,29,32). The van der Waals surface area contributed by atoms with E-state index in [0.29, 0.717) is 17.4 Å². The Morgan fingerprint density at radius 2 is 1.67 bits per heavy atom. The van der Waals surface area contributed by atoms with Gasteiger partial charge in [0.15, 0.2) is 6.29 Å². The van der Waals surface area contributed by atoms with Crippen LogP contribution < -0.4 is 31.3 Å². The second-order valence-corrected chi connectivity index (χ2v) is 8.63. The third-order valence-corrected chi connectivity index (χ3v) is 6.03. The van der Waals surface area contributed by atoms with E-state index < -0.39 is 24.3 Å². The molecule has 33 heavy (non-hydrogen) atoms. The van der Waals surface area contributed by atoms with Crippen molar-refractivity contribution < 1.29 is 19.1 Å². The lowest BCUT2D eigenvalue weighted by atomic mass is 9.81. The topological polar surface area (TPSA) is 121 Å². The van der Waals surface area contributed by atoms with Gasteiger partial charge in [-0.05, 0) is 47.9 Å². The molecular weight excluding hydrogens is 422 g/mol. The third-order valence-electron chi connectivity index (χ3n) is 6.03. The maximum absolute atomic E-state index is 13.0. The summed E-state index contributed by atoms with van der Waals surface area (Å²) in [7, 11) is 1.59. The van der Waals surface area contributed by atoms with Gasteiger partial charge in [0.1, 0.15) is 5.75 Å². The van der Waals surface area contributed by atoms with E-state index in [2.05, 4.69) is 40.4 Å². The Kier molecular flexibility index (Phi) is 6.50. The summed E-state index contributed by atoms with van der Waals surface area (Å²) >= 11 is 0. The van der Waals surface area contributed by atoms with Gasteiger partial charge < -0.3 is 26.0 Å². The van der Waals surface area contributed by atoms with Gasteiger partial charge in [0.2, 0.25) is 17.7 Å². The number of anilines is 2. The van der Waals surface area contributed by atoms with Crippen LogP contribution in [-0.4, -0.2) is 37.3 Å². The zero-order chi connectivity index (χ0) is 23.5. The van der Waals surface area contributed by atoms with Crippen LogP contribution in [0.5, 0.6) is 5.75 Å². The molecule has 4 rings (SSSR count). The number of piperidine rings is 1. The van der Waals surface area contributed by atoms with Crippen LogP contribution in [0, 0.1) is 11.8 Å². The van der Waals surface area contributed by atoms with E-state index in [1.54, 1.807) is 19.2 Å². The van der Waals surface area contributed by atoms with Crippen molar-refractivity contribution in [3.63, 3.8) is 0 Å². The molecule has 2 heterocycles. The number of rotatable bonds is 6. The first kappa shape index (κ1) is 22.6. The molecule has 0 saturated carbocycles. The first-order valence-electron chi connectivity index (χ1n) is 11.0. The highest BCUT2D eigenvalue weighted by Gasteiger charge is 2.48. The predicted molar refractivity (Wildman–Crippen MR) is 124 cm³/mol. The molecule has 2 aliphatic heterocycles. The molecule has 9 nitrogen and oxygen atoms in total. The molecule has 4 unspecified atom stereocenters. The quantitative estimate of drug-likeness (QED) is 0.458. The van der Waals surface area contributed by atoms with E-state index >= 15 is 0 Å². The van der Waals surface area contributed by atoms with Crippen molar-refractivity contribution >= 4 is 29.1 Å². The number of amides is 3. The summed E-state index contributed by atoms with van der Waals surface area (Å²) < 4.78 is 5.15. The van der Waals surface area contributed by atoms with E-state index in [4.69, 9.17) is 4.74 Å². The summed E-state index contributed by atoms with van der Waals surface area (Å²) in [6, 6.07) is 14.8. The Hall–Kier alpha value is -3.59. The number of fused-ring (bicyclic) bond motifs is 1. The van der Waals surface area contributed by atoms with Crippen molar-refractivity contribution in [2.24, 2.45) is 11.8 Å². The van der Waals surface area contributed by atoms with Gasteiger partial charge in [-0.25, -0.2) is 0 Å². The molecule has 5 N–H and O–H groups in total. The molecule has 0 aromatic heterocycles. The van der Waals surface area contributed by atoms with E-state index in [1.165, 1.54) is 0 Å². The van der Waals surface area contributed by atoms with Crippen LogP contribution in [0.1, 0.15) is 31.7 Å². The predicted octanol–water partition coefficient (Wildman–Crippen LogP) is 1.95. The van der Waals surface area contributed by atoms with Crippen LogP contribution in [0.25, 0.3) is 0 Å².